The molecule has 3 radical (unpaired) electrons. The molecule has 0 saturated carbocycles. The van der Waals surface area contributed by atoms with Crippen LogP contribution in [0, 0.1) is 20.8 Å². The van der Waals surface area contributed by atoms with E-state index in [4.69, 9.17) is 0 Å². The molecule has 0 aliphatic carbocycles. The first kappa shape index (κ1) is 27.9. The van der Waals surface area contributed by atoms with Gasteiger partial charge in [-0.3, -0.25) is 0 Å². The van der Waals surface area contributed by atoms with E-state index in [-0.39, 0.29) is 51.0 Å². The van der Waals surface area contributed by atoms with Crippen LogP contribution in [0.4, 0.5) is 0 Å². The predicted octanol–water partition coefficient (Wildman–Crippen LogP) is -0.388. The van der Waals surface area contributed by atoms with Crippen LogP contribution in [0.15, 0.2) is 91.0 Å². The van der Waals surface area contributed by atoms with Crippen molar-refractivity contribution < 1.29 is 24.8 Å². The summed E-state index contributed by atoms with van der Waals surface area (Å²) in [6.45, 7) is 6.25. The molecule has 3 aromatic carbocycles. The zero-order valence-corrected chi connectivity index (χ0v) is 19.4. The summed E-state index contributed by atoms with van der Waals surface area (Å²) in [5.74, 6) is 0. The van der Waals surface area contributed by atoms with E-state index in [9.17, 15) is 0 Å². The van der Waals surface area contributed by atoms with E-state index < -0.39 is 0 Å². The van der Waals surface area contributed by atoms with Gasteiger partial charge in [-0.1, -0.05) is 108 Å². The van der Waals surface area contributed by atoms with Crippen molar-refractivity contribution in [3.63, 3.8) is 0 Å². The Hall–Kier alpha value is -0.877. The summed E-state index contributed by atoms with van der Waals surface area (Å²) in [7, 11) is 0. The van der Waals surface area contributed by atoms with Gasteiger partial charge in [0.1, 0.15) is 0 Å². The average molecular weight is 556 g/mol. The van der Waals surface area contributed by atoms with Gasteiger partial charge in [0.2, 0.25) is 0 Å². The van der Waals surface area contributed by atoms with Crippen LogP contribution in [0.3, 0.4) is 0 Å². The Morgan fingerprint density at radius 2 is 0.542 bits per heavy atom. The van der Waals surface area contributed by atoms with E-state index in [1.165, 1.54) is 16.7 Å². The van der Waals surface area contributed by atoms with Crippen molar-refractivity contribution >= 4 is 26.2 Å². The Balaban J connectivity index is -0.000000259. The van der Waals surface area contributed by atoms with Crippen molar-refractivity contribution in [1.29, 1.82) is 0 Å². The van der Waals surface area contributed by atoms with Crippen molar-refractivity contribution in [3.8, 4) is 0 Å². The maximum Gasteiger partial charge on any atom is 2.00 e. The Kier molecular flexibility index (Phi) is 21.5. The molecule has 0 amide bonds. The van der Waals surface area contributed by atoms with E-state index >= 15 is 0 Å². The third-order valence-corrected chi connectivity index (χ3v) is 2.82. The van der Waals surface area contributed by atoms with Crippen molar-refractivity contribution in [2.45, 2.75) is 20.8 Å². The second-order valence-electron chi connectivity index (χ2n) is 4.96. The summed E-state index contributed by atoms with van der Waals surface area (Å²) in [5, 5.41) is 0. The molecule has 3 heteroatoms. The van der Waals surface area contributed by atoms with Crippen molar-refractivity contribution in [2.75, 3.05) is 0 Å². The minimum atomic E-state index is 0. The zero-order chi connectivity index (χ0) is 15.3. The van der Waals surface area contributed by atoms with Gasteiger partial charge in [0.15, 0.2) is 0 Å². The summed E-state index contributed by atoms with van der Waals surface area (Å²) in [4.78, 5) is 0. The molecule has 0 aliphatic heterocycles. The fraction of sp³-hybridized carbons (Fsp3) is 0.143. The van der Waals surface area contributed by atoms with Gasteiger partial charge in [0.05, 0.1) is 0 Å². The monoisotopic (exact) mass is 555 g/mol. The number of halogens is 2. The first-order chi connectivity index (χ1) is 10.2. The van der Waals surface area contributed by atoms with Crippen LogP contribution in [0.5, 0.6) is 0 Å². The maximum atomic E-state index is 2.08. The zero-order valence-electron chi connectivity index (χ0n) is 14.4. The fourth-order valence-electron chi connectivity index (χ4n) is 1.60. The largest absolute Gasteiger partial charge is 2.00 e. The summed E-state index contributed by atoms with van der Waals surface area (Å²) < 4.78 is 0. The molecule has 0 aliphatic rings. The minimum absolute atomic E-state index is 0. The van der Waals surface area contributed by atoms with Gasteiger partial charge in [-0.2, -0.15) is 0 Å². The van der Waals surface area contributed by atoms with E-state index in [1.54, 1.807) is 0 Å². The van der Waals surface area contributed by atoms with Gasteiger partial charge in [-0.15, -0.1) is 0 Å². The molecular formula is C21H24BiCl2. The van der Waals surface area contributed by atoms with Crippen molar-refractivity contribution in [3.05, 3.63) is 108 Å². The SMILES string of the molecule is Cc1ccccc1.Cc1ccccc1.Cc1ccccc1.[Bi+2].[Cl-].[Cl-]. The van der Waals surface area contributed by atoms with Gasteiger partial charge in [-0.25, -0.2) is 0 Å². The number of rotatable bonds is 0. The molecule has 0 nitrogen and oxygen atoms in total. The normalized spacial score (nSPS) is 7.62. The van der Waals surface area contributed by atoms with Gasteiger partial charge in [-0.05, 0) is 20.8 Å². The summed E-state index contributed by atoms with van der Waals surface area (Å²) >= 11 is 0. The van der Waals surface area contributed by atoms with Crippen LogP contribution in [0.25, 0.3) is 0 Å². The quantitative estimate of drug-likeness (QED) is 0.332. The molecule has 0 unspecified atom stereocenters. The van der Waals surface area contributed by atoms with E-state index in [2.05, 4.69) is 57.2 Å². The van der Waals surface area contributed by atoms with Gasteiger partial charge < -0.3 is 24.8 Å². The summed E-state index contributed by atoms with van der Waals surface area (Å²) in [6, 6.07) is 30.8. The topological polar surface area (TPSA) is 0 Å². The fourth-order valence-corrected chi connectivity index (χ4v) is 1.60. The van der Waals surface area contributed by atoms with Crippen molar-refractivity contribution in [1.82, 2.24) is 0 Å². The Morgan fingerprint density at radius 3 is 0.625 bits per heavy atom. The first-order valence-electron chi connectivity index (χ1n) is 7.23. The molecule has 0 spiro atoms. The molecule has 0 saturated heterocycles. The molecule has 3 rings (SSSR count). The summed E-state index contributed by atoms with van der Waals surface area (Å²) in [5.41, 5.74) is 3.97. The van der Waals surface area contributed by atoms with Gasteiger partial charge in [0.25, 0.3) is 0 Å². The Bertz CT molecular complexity index is 495. The molecule has 24 heavy (non-hydrogen) atoms. The molecule has 0 atom stereocenters. The molecule has 0 fully saturated rings. The maximum absolute atomic E-state index is 2.08. The van der Waals surface area contributed by atoms with Crippen LogP contribution in [-0.4, -0.2) is 26.2 Å². The third-order valence-electron chi connectivity index (χ3n) is 2.82. The molecule has 0 bridgehead atoms. The predicted molar refractivity (Wildman–Crippen MR) is 99.3 cm³/mol. The second-order valence-corrected chi connectivity index (χ2v) is 4.96. The smallest absolute Gasteiger partial charge is 1.00 e. The Morgan fingerprint density at radius 1 is 0.375 bits per heavy atom. The van der Waals surface area contributed by atoms with Crippen LogP contribution >= 0.6 is 0 Å². The molecule has 127 valence electrons. The van der Waals surface area contributed by atoms with E-state index in [1.807, 2.05) is 54.6 Å². The first-order valence-corrected chi connectivity index (χ1v) is 7.23. The number of aryl methyl sites for hydroxylation is 3. The molecular weight excluding hydrogens is 532 g/mol. The molecule has 0 N–H and O–H groups in total. The van der Waals surface area contributed by atoms with Crippen LogP contribution in [-0.2, 0) is 0 Å². The minimum Gasteiger partial charge on any atom is -1.00 e. The molecule has 0 heterocycles. The second kappa shape index (κ2) is 18.5. The standard InChI is InChI=1S/3C7H8.Bi.2ClH/c3*1-7-5-3-2-4-6-7;;;/h3*2-6H,1H3;;2*1H/q;;;+2;;/p-2. The third kappa shape index (κ3) is 16.0. The average Bonchev–Trinajstić information content (AvgIpc) is 2.51. The summed E-state index contributed by atoms with van der Waals surface area (Å²) in [6.07, 6.45) is 0. The van der Waals surface area contributed by atoms with Crippen LogP contribution in [0.1, 0.15) is 16.7 Å². The van der Waals surface area contributed by atoms with E-state index in [0.717, 1.165) is 0 Å². The molecule has 0 aromatic heterocycles. The Labute approximate surface area is 178 Å². The number of hydrogen-bond acceptors (Lipinski definition) is 0. The molecule has 3 aromatic rings. The van der Waals surface area contributed by atoms with Crippen molar-refractivity contribution in [2.24, 2.45) is 0 Å². The number of hydrogen-bond donors (Lipinski definition) is 0. The van der Waals surface area contributed by atoms with Gasteiger partial charge >= 0.3 is 26.2 Å². The van der Waals surface area contributed by atoms with Gasteiger partial charge in [0, 0.05) is 0 Å². The van der Waals surface area contributed by atoms with Crippen LogP contribution in [0.2, 0.25) is 0 Å². The number of benzene rings is 3. The van der Waals surface area contributed by atoms with Crippen LogP contribution < -0.4 is 24.8 Å². The van der Waals surface area contributed by atoms with E-state index in [0.29, 0.717) is 0 Å².